The summed E-state index contributed by atoms with van der Waals surface area (Å²) in [6.45, 7) is 9.02. The number of nitrogens with two attached hydrogens (primary N) is 1. The summed E-state index contributed by atoms with van der Waals surface area (Å²) in [5.74, 6) is 0. The molecule has 0 radical (unpaired) electrons. The molecule has 0 amide bonds. The van der Waals surface area contributed by atoms with Crippen molar-refractivity contribution in [2.75, 3.05) is 5.73 Å². The van der Waals surface area contributed by atoms with Crippen LogP contribution in [-0.4, -0.2) is 9.36 Å². The van der Waals surface area contributed by atoms with Crippen LogP contribution in [0.4, 0.5) is 5.69 Å². The molecule has 1 aromatic carbocycles. The normalized spacial score (nSPS) is 11.9. The Hall–Kier alpha value is -1.68. The van der Waals surface area contributed by atoms with Crippen molar-refractivity contribution < 1.29 is 0 Å². The van der Waals surface area contributed by atoms with Gasteiger partial charge in [0.2, 0.25) is 0 Å². The Bertz CT molecular complexity index is 690. The fourth-order valence-electron chi connectivity index (χ4n) is 2.62. The van der Waals surface area contributed by atoms with E-state index in [2.05, 4.69) is 27.7 Å². The molecule has 0 unspecified atom stereocenters. The van der Waals surface area contributed by atoms with Crippen molar-refractivity contribution in [2.45, 2.75) is 46.1 Å². The van der Waals surface area contributed by atoms with Crippen LogP contribution >= 0.6 is 11.6 Å². The van der Waals surface area contributed by atoms with Crippen molar-refractivity contribution in [3.8, 4) is 5.69 Å². The van der Waals surface area contributed by atoms with E-state index in [1.165, 1.54) is 0 Å². The molecular weight excluding hydrogens is 286 g/mol. The predicted octanol–water partition coefficient (Wildman–Crippen LogP) is 3.58. The quantitative estimate of drug-likeness (QED) is 0.942. The molecule has 2 N–H and O–H groups in total. The third-order valence-electron chi connectivity index (χ3n) is 3.39. The Morgan fingerprint density at radius 1 is 1.19 bits per heavy atom. The van der Waals surface area contributed by atoms with Crippen LogP contribution in [0, 0.1) is 0 Å². The van der Waals surface area contributed by atoms with Crippen LogP contribution in [0.2, 0.25) is 5.02 Å². The van der Waals surface area contributed by atoms with E-state index in [0.29, 0.717) is 10.7 Å². The van der Waals surface area contributed by atoms with Gasteiger partial charge in [0.25, 0.3) is 5.56 Å². The minimum atomic E-state index is -0.198. The second-order valence-electron chi connectivity index (χ2n) is 6.23. The second kappa shape index (κ2) is 5.60. The van der Waals surface area contributed by atoms with E-state index in [1.807, 2.05) is 16.8 Å². The van der Waals surface area contributed by atoms with Crippen molar-refractivity contribution >= 4 is 17.3 Å². The van der Waals surface area contributed by atoms with Gasteiger partial charge in [-0.25, -0.2) is 4.68 Å². The minimum absolute atomic E-state index is 0.171. The zero-order valence-electron chi connectivity index (χ0n) is 13.0. The molecule has 0 aliphatic rings. The van der Waals surface area contributed by atoms with E-state index in [4.69, 9.17) is 17.3 Å². The molecule has 5 heteroatoms. The smallest absolute Gasteiger partial charge is 0.294 e. The largest absolute Gasteiger partial charge is 0.393 e. The number of nitrogen functional groups attached to an aromatic ring is 1. The maximum absolute atomic E-state index is 12.6. The van der Waals surface area contributed by atoms with E-state index in [0.717, 1.165) is 24.3 Å². The Balaban J connectivity index is 2.77. The van der Waals surface area contributed by atoms with Crippen molar-refractivity contribution in [1.82, 2.24) is 9.36 Å². The van der Waals surface area contributed by atoms with Crippen LogP contribution in [-0.2, 0) is 12.0 Å². The fourth-order valence-corrected chi connectivity index (χ4v) is 2.74. The maximum Gasteiger partial charge on any atom is 0.294 e. The third kappa shape index (κ3) is 2.86. The topological polar surface area (TPSA) is 52.9 Å². The average molecular weight is 308 g/mol. The van der Waals surface area contributed by atoms with E-state index in [9.17, 15) is 4.79 Å². The first-order valence-corrected chi connectivity index (χ1v) is 7.53. The van der Waals surface area contributed by atoms with Crippen LogP contribution in [0.15, 0.2) is 29.1 Å². The molecule has 4 nitrogen and oxygen atoms in total. The summed E-state index contributed by atoms with van der Waals surface area (Å²) in [7, 11) is 0. The number of hydrogen-bond acceptors (Lipinski definition) is 2. The van der Waals surface area contributed by atoms with Gasteiger partial charge in [-0.3, -0.25) is 9.48 Å². The summed E-state index contributed by atoms with van der Waals surface area (Å²) >= 11 is 5.93. The molecule has 0 fully saturated rings. The van der Waals surface area contributed by atoms with Crippen LogP contribution < -0.4 is 11.3 Å². The molecule has 2 aromatic rings. The molecule has 1 aromatic heterocycles. The summed E-state index contributed by atoms with van der Waals surface area (Å²) in [6.07, 6.45) is 0.921. The standard InChI is InChI=1S/C16H22ClN3O/c1-5-10-19-14(16(2,3)4)13(18)15(21)20(19)12-8-6-11(17)7-9-12/h6-9H,5,10,18H2,1-4H3. The molecular formula is C16H22ClN3O. The van der Waals surface area contributed by atoms with Gasteiger partial charge in [0, 0.05) is 17.0 Å². The number of benzene rings is 1. The summed E-state index contributed by atoms with van der Waals surface area (Å²) in [4.78, 5) is 12.6. The summed E-state index contributed by atoms with van der Waals surface area (Å²) < 4.78 is 3.64. The van der Waals surface area contributed by atoms with Gasteiger partial charge >= 0.3 is 0 Å². The lowest BCUT2D eigenvalue weighted by Crippen LogP contribution is -2.24. The van der Waals surface area contributed by atoms with Gasteiger partial charge in [0.15, 0.2) is 0 Å². The zero-order valence-corrected chi connectivity index (χ0v) is 13.7. The number of anilines is 1. The summed E-state index contributed by atoms with van der Waals surface area (Å²) in [5.41, 5.74) is 7.72. The highest BCUT2D eigenvalue weighted by Crippen LogP contribution is 2.28. The summed E-state index contributed by atoms with van der Waals surface area (Å²) in [6, 6.07) is 7.22. The molecule has 0 aliphatic carbocycles. The van der Waals surface area contributed by atoms with Crippen molar-refractivity contribution in [3.05, 3.63) is 45.3 Å². The van der Waals surface area contributed by atoms with E-state index >= 15 is 0 Å². The highest BCUT2D eigenvalue weighted by atomic mass is 35.5. The first kappa shape index (κ1) is 15.7. The molecule has 0 saturated carbocycles. The number of aromatic nitrogens is 2. The van der Waals surface area contributed by atoms with Crippen LogP contribution in [0.3, 0.4) is 0 Å². The monoisotopic (exact) mass is 307 g/mol. The Kier molecular flexibility index (Phi) is 4.19. The Morgan fingerprint density at radius 2 is 1.76 bits per heavy atom. The number of halogens is 1. The second-order valence-corrected chi connectivity index (χ2v) is 6.67. The number of hydrogen-bond donors (Lipinski definition) is 1. The molecule has 0 saturated heterocycles. The van der Waals surface area contributed by atoms with Gasteiger partial charge in [0.05, 0.1) is 11.4 Å². The molecule has 0 spiro atoms. The van der Waals surface area contributed by atoms with Crippen molar-refractivity contribution in [2.24, 2.45) is 0 Å². The van der Waals surface area contributed by atoms with Gasteiger partial charge < -0.3 is 5.73 Å². The molecule has 2 rings (SSSR count). The SMILES string of the molecule is CCCn1c(C(C)(C)C)c(N)c(=O)n1-c1ccc(Cl)cc1. The number of nitrogens with zero attached hydrogens (tertiary/aromatic N) is 2. The molecule has 0 aliphatic heterocycles. The molecule has 0 atom stereocenters. The van der Waals surface area contributed by atoms with Crippen LogP contribution in [0.1, 0.15) is 39.8 Å². The highest BCUT2D eigenvalue weighted by molar-refractivity contribution is 6.30. The van der Waals surface area contributed by atoms with Gasteiger partial charge in [-0.15, -0.1) is 0 Å². The van der Waals surface area contributed by atoms with E-state index in [1.54, 1.807) is 16.8 Å². The van der Waals surface area contributed by atoms with Gasteiger partial charge in [-0.2, -0.15) is 0 Å². The van der Waals surface area contributed by atoms with Crippen molar-refractivity contribution in [3.63, 3.8) is 0 Å². The third-order valence-corrected chi connectivity index (χ3v) is 3.65. The minimum Gasteiger partial charge on any atom is -0.393 e. The van der Waals surface area contributed by atoms with Gasteiger partial charge in [-0.1, -0.05) is 39.3 Å². The number of rotatable bonds is 3. The first-order chi connectivity index (χ1) is 9.77. The van der Waals surface area contributed by atoms with Gasteiger partial charge in [-0.05, 0) is 30.7 Å². The average Bonchev–Trinajstić information content (AvgIpc) is 2.63. The predicted molar refractivity (Wildman–Crippen MR) is 88.4 cm³/mol. The molecule has 1 heterocycles. The molecule has 0 bridgehead atoms. The summed E-state index contributed by atoms with van der Waals surface area (Å²) in [5, 5.41) is 0.643. The van der Waals surface area contributed by atoms with Crippen LogP contribution in [0.5, 0.6) is 0 Å². The Labute approximate surface area is 130 Å². The fraction of sp³-hybridized carbons (Fsp3) is 0.438. The lowest BCUT2D eigenvalue weighted by Gasteiger charge is -2.23. The lowest BCUT2D eigenvalue weighted by molar-refractivity contribution is 0.452. The van der Waals surface area contributed by atoms with Crippen LogP contribution in [0.25, 0.3) is 5.69 Å². The highest BCUT2D eigenvalue weighted by Gasteiger charge is 2.27. The molecule has 21 heavy (non-hydrogen) atoms. The van der Waals surface area contributed by atoms with Crippen molar-refractivity contribution in [1.29, 1.82) is 0 Å². The van der Waals surface area contributed by atoms with E-state index in [-0.39, 0.29) is 11.0 Å². The van der Waals surface area contributed by atoms with Gasteiger partial charge in [0.1, 0.15) is 5.69 Å². The first-order valence-electron chi connectivity index (χ1n) is 7.15. The zero-order chi connectivity index (χ0) is 15.8. The Morgan fingerprint density at radius 3 is 2.24 bits per heavy atom. The maximum atomic E-state index is 12.6. The van der Waals surface area contributed by atoms with E-state index < -0.39 is 0 Å². The molecule has 114 valence electrons. The lowest BCUT2D eigenvalue weighted by atomic mass is 9.91.